The zero-order valence-corrected chi connectivity index (χ0v) is 6.52. The maximum Gasteiger partial charge on any atom is 0.156 e. The third-order valence-electron chi connectivity index (χ3n) is 1.08. The fourth-order valence-electron chi connectivity index (χ4n) is 0.568. The van der Waals surface area contributed by atoms with Gasteiger partial charge in [-0.15, -0.1) is 11.6 Å². The Bertz CT molecular complexity index is 239. The molecule has 1 aromatic heterocycles. The number of rotatable bonds is 1. The van der Waals surface area contributed by atoms with Crippen molar-refractivity contribution < 1.29 is 5.11 Å². The first kappa shape index (κ1) is 7.63. The van der Waals surface area contributed by atoms with Gasteiger partial charge in [-0.2, -0.15) is 0 Å². The van der Waals surface area contributed by atoms with Crippen LogP contribution in [0.4, 0.5) is 0 Å². The molecule has 1 N–H and O–H groups in total. The molecular weight excluding hydrogens is 173 g/mol. The van der Waals surface area contributed by atoms with Gasteiger partial charge in [-0.05, 0) is 6.07 Å². The van der Waals surface area contributed by atoms with Crippen molar-refractivity contribution in [3.05, 3.63) is 23.0 Å². The summed E-state index contributed by atoms with van der Waals surface area (Å²) in [6.45, 7) is 0. The van der Waals surface area contributed by atoms with E-state index in [1.54, 1.807) is 0 Å². The largest absolute Gasteiger partial charge is 0.504 e. The Balaban J connectivity index is 3.14. The van der Waals surface area contributed by atoms with E-state index in [0.29, 0.717) is 5.69 Å². The van der Waals surface area contributed by atoms with E-state index in [0.717, 1.165) is 0 Å². The van der Waals surface area contributed by atoms with Crippen molar-refractivity contribution in [2.75, 3.05) is 0 Å². The van der Waals surface area contributed by atoms with Crippen molar-refractivity contribution in [1.29, 1.82) is 0 Å². The number of alkyl halides is 1. The molecule has 0 radical (unpaired) electrons. The Morgan fingerprint density at radius 3 is 2.80 bits per heavy atom. The second-order valence-corrected chi connectivity index (χ2v) is 2.40. The molecule has 1 heterocycles. The standard InChI is InChI=1S/C6H5Cl2NO/c7-3-5-6(10)4(8)1-2-9-5/h1-2,10H,3H2. The first-order chi connectivity index (χ1) is 4.75. The first-order valence-corrected chi connectivity index (χ1v) is 3.55. The molecule has 1 aromatic rings. The molecule has 10 heavy (non-hydrogen) atoms. The normalized spacial score (nSPS) is 9.80. The number of nitrogens with zero attached hydrogens (tertiary/aromatic N) is 1. The maximum atomic E-state index is 9.12. The van der Waals surface area contributed by atoms with Gasteiger partial charge in [-0.3, -0.25) is 4.98 Å². The molecule has 0 amide bonds. The highest BCUT2D eigenvalue weighted by molar-refractivity contribution is 6.32. The van der Waals surface area contributed by atoms with Crippen LogP contribution in [-0.2, 0) is 5.88 Å². The summed E-state index contributed by atoms with van der Waals surface area (Å²) in [5.74, 6) is 0.144. The van der Waals surface area contributed by atoms with Gasteiger partial charge in [0.05, 0.1) is 16.6 Å². The van der Waals surface area contributed by atoms with Gasteiger partial charge in [0.15, 0.2) is 5.75 Å². The minimum Gasteiger partial charge on any atom is -0.504 e. The quantitative estimate of drug-likeness (QED) is 0.668. The van der Waals surface area contributed by atoms with Crippen LogP contribution in [0.15, 0.2) is 12.3 Å². The Kier molecular flexibility index (Phi) is 2.35. The lowest BCUT2D eigenvalue weighted by molar-refractivity contribution is 0.467. The first-order valence-electron chi connectivity index (χ1n) is 2.64. The van der Waals surface area contributed by atoms with E-state index in [4.69, 9.17) is 28.3 Å². The molecule has 0 bridgehead atoms. The van der Waals surface area contributed by atoms with Gasteiger partial charge in [0, 0.05) is 6.20 Å². The highest BCUT2D eigenvalue weighted by Crippen LogP contribution is 2.25. The summed E-state index contributed by atoms with van der Waals surface area (Å²) in [6.07, 6.45) is 1.50. The molecule has 0 aliphatic carbocycles. The number of aromatic nitrogens is 1. The molecule has 0 aromatic carbocycles. The molecule has 0 saturated heterocycles. The molecule has 0 unspecified atom stereocenters. The monoisotopic (exact) mass is 177 g/mol. The van der Waals surface area contributed by atoms with Crippen LogP contribution in [0.3, 0.4) is 0 Å². The number of hydrogen-bond acceptors (Lipinski definition) is 2. The van der Waals surface area contributed by atoms with Gasteiger partial charge >= 0.3 is 0 Å². The average Bonchev–Trinajstić information content (AvgIpc) is 1.95. The fourth-order valence-corrected chi connectivity index (χ4v) is 0.929. The van der Waals surface area contributed by atoms with Gasteiger partial charge < -0.3 is 5.11 Å². The van der Waals surface area contributed by atoms with Crippen LogP contribution in [0.2, 0.25) is 5.02 Å². The molecule has 0 saturated carbocycles. The number of aromatic hydroxyl groups is 1. The van der Waals surface area contributed by atoms with Gasteiger partial charge in [-0.25, -0.2) is 0 Å². The highest BCUT2D eigenvalue weighted by atomic mass is 35.5. The van der Waals surface area contributed by atoms with Crippen molar-refractivity contribution in [2.45, 2.75) is 5.88 Å². The van der Waals surface area contributed by atoms with Crippen molar-refractivity contribution in [1.82, 2.24) is 4.98 Å². The summed E-state index contributed by atoms with van der Waals surface area (Å²) in [4.78, 5) is 3.79. The van der Waals surface area contributed by atoms with Crippen molar-refractivity contribution >= 4 is 23.2 Å². The maximum absolute atomic E-state index is 9.12. The lowest BCUT2D eigenvalue weighted by Crippen LogP contribution is -1.84. The van der Waals surface area contributed by atoms with Crippen LogP contribution >= 0.6 is 23.2 Å². The van der Waals surface area contributed by atoms with Crippen molar-refractivity contribution in [2.24, 2.45) is 0 Å². The van der Waals surface area contributed by atoms with E-state index in [9.17, 15) is 0 Å². The minimum atomic E-state index is -0.0285. The lowest BCUT2D eigenvalue weighted by atomic mass is 10.3. The summed E-state index contributed by atoms with van der Waals surface area (Å²) < 4.78 is 0. The van der Waals surface area contributed by atoms with E-state index >= 15 is 0 Å². The lowest BCUT2D eigenvalue weighted by Gasteiger charge is -1.98. The van der Waals surface area contributed by atoms with E-state index in [-0.39, 0.29) is 16.7 Å². The van der Waals surface area contributed by atoms with Gasteiger partial charge in [0.1, 0.15) is 0 Å². The summed E-state index contributed by atoms with van der Waals surface area (Å²) >= 11 is 11.0. The molecule has 0 aliphatic rings. The summed E-state index contributed by atoms with van der Waals surface area (Å²) in [6, 6.07) is 1.51. The van der Waals surface area contributed by atoms with E-state index in [1.807, 2.05) is 0 Å². The van der Waals surface area contributed by atoms with E-state index in [2.05, 4.69) is 4.98 Å². The van der Waals surface area contributed by atoms with Crippen molar-refractivity contribution in [3.8, 4) is 5.75 Å². The molecule has 2 nitrogen and oxygen atoms in total. The molecule has 0 fully saturated rings. The molecule has 54 valence electrons. The van der Waals surface area contributed by atoms with Crippen LogP contribution in [0, 0.1) is 0 Å². The number of halogens is 2. The molecule has 1 rings (SSSR count). The molecule has 0 aliphatic heterocycles. The third-order valence-corrected chi connectivity index (χ3v) is 1.64. The third kappa shape index (κ3) is 1.33. The summed E-state index contributed by atoms with van der Waals surface area (Å²) in [7, 11) is 0. The van der Waals surface area contributed by atoms with Crippen LogP contribution in [0.5, 0.6) is 5.75 Å². The van der Waals surface area contributed by atoms with Gasteiger partial charge in [-0.1, -0.05) is 11.6 Å². The van der Waals surface area contributed by atoms with Crippen LogP contribution < -0.4 is 0 Å². The smallest absolute Gasteiger partial charge is 0.156 e. The Labute approximate surface area is 68.4 Å². The van der Waals surface area contributed by atoms with Crippen LogP contribution in [-0.4, -0.2) is 10.1 Å². The summed E-state index contributed by atoms with van der Waals surface area (Å²) in [5.41, 5.74) is 0.411. The van der Waals surface area contributed by atoms with Crippen LogP contribution in [0.25, 0.3) is 0 Å². The Morgan fingerprint density at radius 2 is 2.30 bits per heavy atom. The highest BCUT2D eigenvalue weighted by Gasteiger charge is 2.03. The predicted octanol–water partition coefficient (Wildman–Crippen LogP) is 2.18. The SMILES string of the molecule is Oc1c(Cl)ccnc1CCl. The van der Waals surface area contributed by atoms with E-state index in [1.165, 1.54) is 12.3 Å². The molecule has 0 atom stereocenters. The van der Waals surface area contributed by atoms with E-state index < -0.39 is 0 Å². The van der Waals surface area contributed by atoms with Crippen LogP contribution in [0.1, 0.15) is 5.69 Å². The molecule has 4 heteroatoms. The Hall–Kier alpha value is -0.470. The Morgan fingerprint density at radius 1 is 1.60 bits per heavy atom. The number of hydrogen-bond donors (Lipinski definition) is 1. The predicted molar refractivity (Wildman–Crippen MR) is 40.5 cm³/mol. The van der Waals surface area contributed by atoms with Gasteiger partial charge in [0.2, 0.25) is 0 Å². The molecule has 0 spiro atoms. The summed E-state index contributed by atoms with van der Waals surface area (Å²) in [5, 5.41) is 9.40. The second kappa shape index (κ2) is 3.08. The zero-order chi connectivity index (χ0) is 7.56. The second-order valence-electron chi connectivity index (χ2n) is 1.72. The number of pyridine rings is 1. The molecular formula is C6H5Cl2NO. The average molecular weight is 178 g/mol. The zero-order valence-electron chi connectivity index (χ0n) is 5.01. The fraction of sp³-hybridized carbons (Fsp3) is 0.167. The van der Waals surface area contributed by atoms with Crippen molar-refractivity contribution in [3.63, 3.8) is 0 Å². The minimum absolute atomic E-state index is 0.0285. The van der Waals surface area contributed by atoms with Gasteiger partial charge in [0.25, 0.3) is 0 Å². The topological polar surface area (TPSA) is 33.1 Å².